The number of hydrogen-bond donors (Lipinski definition) is 1. The number of anilines is 2. The SMILES string of the molecule is CN(CCc1ccc(Br)cc1)c1ncc([N+](=O)[O-])c(N)n1. The fourth-order valence-electron chi connectivity index (χ4n) is 1.75. The molecule has 0 radical (unpaired) electrons. The van der Waals surface area contributed by atoms with E-state index in [1.165, 1.54) is 5.56 Å². The quantitative estimate of drug-likeness (QED) is 0.655. The van der Waals surface area contributed by atoms with Crippen molar-refractivity contribution in [3.8, 4) is 0 Å². The highest BCUT2D eigenvalue weighted by Crippen LogP contribution is 2.20. The van der Waals surface area contributed by atoms with Crippen molar-refractivity contribution in [2.75, 3.05) is 24.2 Å². The first-order chi connectivity index (χ1) is 9.97. The first-order valence-corrected chi connectivity index (χ1v) is 6.99. The molecule has 21 heavy (non-hydrogen) atoms. The van der Waals surface area contributed by atoms with Gasteiger partial charge in [0.1, 0.15) is 6.20 Å². The average molecular weight is 352 g/mol. The van der Waals surface area contributed by atoms with Gasteiger partial charge in [0.2, 0.25) is 11.8 Å². The molecule has 0 aliphatic carbocycles. The van der Waals surface area contributed by atoms with Gasteiger partial charge in [-0.05, 0) is 24.1 Å². The fourth-order valence-corrected chi connectivity index (χ4v) is 2.02. The third-order valence-electron chi connectivity index (χ3n) is 2.97. The Morgan fingerprint density at radius 1 is 1.38 bits per heavy atom. The predicted octanol–water partition coefficient (Wildman–Crippen LogP) is 2.41. The first-order valence-electron chi connectivity index (χ1n) is 6.20. The zero-order chi connectivity index (χ0) is 15.4. The lowest BCUT2D eigenvalue weighted by atomic mass is 10.1. The van der Waals surface area contributed by atoms with Crippen molar-refractivity contribution in [1.82, 2.24) is 9.97 Å². The van der Waals surface area contributed by atoms with Crippen LogP contribution in [0.3, 0.4) is 0 Å². The Hall–Kier alpha value is -2.22. The molecule has 0 fully saturated rings. The molecule has 7 nitrogen and oxygen atoms in total. The van der Waals surface area contributed by atoms with Crippen molar-refractivity contribution in [3.63, 3.8) is 0 Å². The van der Waals surface area contributed by atoms with Crippen LogP contribution in [-0.2, 0) is 6.42 Å². The number of aromatic nitrogens is 2. The van der Waals surface area contributed by atoms with Crippen molar-refractivity contribution in [2.45, 2.75) is 6.42 Å². The summed E-state index contributed by atoms with van der Waals surface area (Å²) in [4.78, 5) is 19.8. The topological polar surface area (TPSA) is 98.2 Å². The Balaban J connectivity index is 2.03. The van der Waals surface area contributed by atoms with Gasteiger partial charge in [-0.25, -0.2) is 4.98 Å². The van der Waals surface area contributed by atoms with Gasteiger partial charge in [-0.3, -0.25) is 10.1 Å². The summed E-state index contributed by atoms with van der Waals surface area (Å²) in [5.41, 5.74) is 6.46. The molecular formula is C13H14BrN5O2. The molecule has 2 N–H and O–H groups in total. The van der Waals surface area contributed by atoms with E-state index in [1.54, 1.807) is 0 Å². The van der Waals surface area contributed by atoms with Crippen LogP contribution in [-0.4, -0.2) is 28.5 Å². The molecule has 0 saturated heterocycles. The normalized spacial score (nSPS) is 10.4. The zero-order valence-electron chi connectivity index (χ0n) is 11.4. The number of nitrogens with two attached hydrogens (primary N) is 1. The Labute approximate surface area is 130 Å². The van der Waals surface area contributed by atoms with E-state index < -0.39 is 4.92 Å². The summed E-state index contributed by atoms with van der Waals surface area (Å²) in [6.45, 7) is 0.679. The molecule has 0 unspecified atom stereocenters. The van der Waals surface area contributed by atoms with Crippen LogP contribution in [0.25, 0.3) is 0 Å². The van der Waals surface area contributed by atoms with Gasteiger partial charge < -0.3 is 10.6 Å². The van der Waals surface area contributed by atoms with E-state index in [0.717, 1.165) is 17.1 Å². The lowest BCUT2D eigenvalue weighted by molar-refractivity contribution is -0.384. The van der Waals surface area contributed by atoms with Gasteiger partial charge in [-0.2, -0.15) is 4.98 Å². The summed E-state index contributed by atoms with van der Waals surface area (Å²) in [5, 5.41) is 10.7. The monoisotopic (exact) mass is 351 g/mol. The number of nitro groups is 1. The standard InChI is InChI=1S/C13H14BrN5O2/c1-18(7-6-9-2-4-10(14)5-3-9)13-16-8-11(19(20)21)12(15)17-13/h2-5,8H,6-7H2,1H3,(H2,15,16,17). The molecular weight excluding hydrogens is 338 g/mol. The molecule has 0 bridgehead atoms. The minimum Gasteiger partial charge on any atom is -0.378 e. The predicted molar refractivity (Wildman–Crippen MR) is 84.2 cm³/mol. The van der Waals surface area contributed by atoms with Crippen LogP contribution in [0.15, 0.2) is 34.9 Å². The molecule has 2 rings (SSSR count). The van der Waals surface area contributed by atoms with Crippen LogP contribution in [0.4, 0.5) is 17.5 Å². The van der Waals surface area contributed by atoms with Crippen LogP contribution in [0.5, 0.6) is 0 Å². The van der Waals surface area contributed by atoms with Crippen LogP contribution in [0.2, 0.25) is 0 Å². The maximum Gasteiger partial charge on any atom is 0.329 e. The molecule has 0 amide bonds. The van der Waals surface area contributed by atoms with Gasteiger partial charge >= 0.3 is 5.69 Å². The Kier molecular flexibility index (Phi) is 4.69. The van der Waals surface area contributed by atoms with Crippen molar-refractivity contribution in [3.05, 3.63) is 50.6 Å². The van der Waals surface area contributed by atoms with Crippen LogP contribution in [0, 0.1) is 10.1 Å². The van der Waals surface area contributed by atoms with E-state index in [2.05, 4.69) is 25.9 Å². The highest BCUT2D eigenvalue weighted by atomic mass is 79.9. The van der Waals surface area contributed by atoms with Crippen LogP contribution in [0.1, 0.15) is 5.56 Å². The molecule has 110 valence electrons. The number of benzene rings is 1. The van der Waals surface area contributed by atoms with Gasteiger partial charge in [0.05, 0.1) is 4.92 Å². The molecule has 0 aliphatic heterocycles. The molecule has 0 spiro atoms. The van der Waals surface area contributed by atoms with Gasteiger partial charge in [0.25, 0.3) is 0 Å². The van der Waals surface area contributed by atoms with E-state index in [-0.39, 0.29) is 11.5 Å². The maximum atomic E-state index is 10.7. The number of nitrogen functional groups attached to an aromatic ring is 1. The highest BCUT2D eigenvalue weighted by Gasteiger charge is 2.15. The van der Waals surface area contributed by atoms with Crippen LogP contribution >= 0.6 is 15.9 Å². The Bertz CT molecular complexity index is 648. The van der Waals surface area contributed by atoms with Gasteiger partial charge in [0, 0.05) is 18.1 Å². The summed E-state index contributed by atoms with van der Waals surface area (Å²) in [6, 6.07) is 8.03. The second kappa shape index (κ2) is 6.49. The first kappa shape index (κ1) is 15.2. The third-order valence-corrected chi connectivity index (χ3v) is 3.50. The maximum absolute atomic E-state index is 10.7. The molecule has 1 aromatic carbocycles. The molecule has 2 aromatic rings. The van der Waals surface area contributed by atoms with E-state index in [0.29, 0.717) is 12.5 Å². The van der Waals surface area contributed by atoms with E-state index in [9.17, 15) is 10.1 Å². The summed E-state index contributed by atoms with van der Waals surface area (Å²) in [7, 11) is 1.82. The van der Waals surface area contributed by atoms with Gasteiger partial charge in [0.15, 0.2) is 0 Å². The second-order valence-electron chi connectivity index (χ2n) is 4.50. The number of rotatable bonds is 5. The Morgan fingerprint density at radius 2 is 2.05 bits per heavy atom. The minimum absolute atomic E-state index is 0.125. The fraction of sp³-hybridized carbons (Fsp3) is 0.231. The highest BCUT2D eigenvalue weighted by molar-refractivity contribution is 9.10. The molecule has 8 heteroatoms. The average Bonchev–Trinajstić information content (AvgIpc) is 2.45. The molecule has 0 atom stereocenters. The summed E-state index contributed by atoms with van der Waals surface area (Å²) >= 11 is 3.39. The molecule has 0 saturated carbocycles. The zero-order valence-corrected chi connectivity index (χ0v) is 12.9. The molecule has 1 heterocycles. The number of likely N-dealkylation sites (N-methyl/N-ethyl adjacent to an activating group) is 1. The van der Waals surface area contributed by atoms with E-state index >= 15 is 0 Å². The summed E-state index contributed by atoms with van der Waals surface area (Å²) in [5.74, 6) is 0.246. The largest absolute Gasteiger partial charge is 0.378 e. The second-order valence-corrected chi connectivity index (χ2v) is 5.41. The summed E-state index contributed by atoms with van der Waals surface area (Å²) in [6.07, 6.45) is 1.94. The number of halogens is 1. The van der Waals surface area contributed by atoms with Crippen molar-refractivity contribution in [2.24, 2.45) is 0 Å². The van der Waals surface area contributed by atoms with E-state index in [4.69, 9.17) is 5.73 Å². The van der Waals surface area contributed by atoms with Gasteiger partial charge in [-0.15, -0.1) is 0 Å². The van der Waals surface area contributed by atoms with Crippen molar-refractivity contribution >= 4 is 33.4 Å². The number of nitrogens with zero attached hydrogens (tertiary/aromatic N) is 4. The lowest BCUT2D eigenvalue weighted by Crippen LogP contribution is -2.23. The van der Waals surface area contributed by atoms with Crippen LogP contribution < -0.4 is 10.6 Å². The lowest BCUT2D eigenvalue weighted by Gasteiger charge is -2.16. The number of hydrogen-bond acceptors (Lipinski definition) is 6. The van der Waals surface area contributed by atoms with Gasteiger partial charge in [-0.1, -0.05) is 28.1 Å². The van der Waals surface area contributed by atoms with E-state index in [1.807, 2.05) is 36.2 Å². The Morgan fingerprint density at radius 3 is 2.62 bits per heavy atom. The van der Waals surface area contributed by atoms with Crippen molar-refractivity contribution < 1.29 is 4.92 Å². The molecule has 1 aromatic heterocycles. The van der Waals surface area contributed by atoms with Crippen molar-refractivity contribution in [1.29, 1.82) is 0 Å². The smallest absolute Gasteiger partial charge is 0.329 e. The minimum atomic E-state index is -0.596. The molecule has 0 aliphatic rings. The third kappa shape index (κ3) is 3.88. The summed E-state index contributed by atoms with van der Waals surface area (Å²) < 4.78 is 1.03.